The van der Waals surface area contributed by atoms with Crippen LogP contribution in [0, 0.1) is 13.8 Å². The lowest BCUT2D eigenvalue weighted by atomic mass is 10.0. The summed E-state index contributed by atoms with van der Waals surface area (Å²) in [5.41, 5.74) is 5.61. The molecule has 0 radical (unpaired) electrons. The number of hydrogen-bond donors (Lipinski definition) is 1. The van der Waals surface area contributed by atoms with Crippen LogP contribution in [0.4, 0.5) is 5.69 Å². The molecule has 1 atom stereocenters. The Morgan fingerprint density at radius 1 is 1.25 bits per heavy atom. The Bertz CT molecular complexity index is 284. The van der Waals surface area contributed by atoms with E-state index in [-0.39, 0.29) is 0 Å². The van der Waals surface area contributed by atoms with Gasteiger partial charge in [-0.1, -0.05) is 6.07 Å². The summed E-state index contributed by atoms with van der Waals surface area (Å²) in [4.78, 5) is 0. The van der Waals surface area contributed by atoms with Crippen LogP contribution in [-0.4, -0.2) is 6.04 Å². The SMILES string of the molecule is Cc1cc2c(cc1C)NC(C)C2. The molecule has 1 heteroatoms. The van der Waals surface area contributed by atoms with E-state index in [4.69, 9.17) is 0 Å². The molecule has 1 aromatic carbocycles. The summed E-state index contributed by atoms with van der Waals surface area (Å²) in [6.45, 7) is 6.57. The monoisotopic (exact) mass is 161 g/mol. The fourth-order valence-electron chi connectivity index (χ4n) is 1.83. The Morgan fingerprint density at radius 3 is 2.67 bits per heavy atom. The molecule has 0 fully saturated rings. The second-order valence-electron chi connectivity index (χ2n) is 3.84. The minimum absolute atomic E-state index is 0.612. The van der Waals surface area contributed by atoms with Crippen LogP contribution in [-0.2, 0) is 6.42 Å². The molecule has 1 heterocycles. The maximum absolute atomic E-state index is 3.47. The van der Waals surface area contributed by atoms with Crippen molar-refractivity contribution in [3.05, 3.63) is 28.8 Å². The van der Waals surface area contributed by atoms with Crippen molar-refractivity contribution in [2.24, 2.45) is 0 Å². The van der Waals surface area contributed by atoms with Crippen LogP contribution >= 0.6 is 0 Å². The zero-order chi connectivity index (χ0) is 8.72. The maximum Gasteiger partial charge on any atom is 0.0378 e. The van der Waals surface area contributed by atoms with Crippen LogP contribution in [0.3, 0.4) is 0 Å². The van der Waals surface area contributed by atoms with Gasteiger partial charge in [-0.2, -0.15) is 0 Å². The zero-order valence-electron chi connectivity index (χ0n) is 7.94. The fourth-order valence-corrected chi connectivity index (χ4v) is 1.83. The Balaban J connectivity index is 2.48. The lowest BCUT2D eigenvalue weighted by Crippen LogP contribution is -2.08. The molecule has 0 amide bonds. The number of rotatable bonds is 0. The minimum atomic E-state index is 0.612. The van der Waals surface area contributed by atoms with Gasteiger partial charge in [0.1, 0.15) is 0 Å². The van der Waals surface area contributed by atoms with Crippen LogP contribution in [0.5, 0.6) is 0 Å². The average molecular weight is 161 g/mol. The van der Waals surface area contributed by atoms with E-state index in [1.165, 1.54) is 28.8 Å². The number of benzene rings is 1. The summed E-state index contributed by atoms with van der Waals surface area (Å²) in [6.07, 6.45) is 1.18. The van der Waals surface area contributed by atoms with Crippen molar-refractivity contribution >= 4 is 5.69 Å². The lowest BCUT2D eigenvalue weighted by Gasteiger charge is -2.05. The molecule has 1 aliphatic heterocycles. The Morgan fingerprint density at radius 2 is 1.92 bits per heavy atom. The third kappa shape index (κ3) is 1.09. The van der Waals surface area contributed by atoms with Gasteiger partial charge in [-0.3, -0.25) is 0 Å². The van der Waals surface area contributed by atoms with E-state index in [1.807, 2.05) is 0 Å². The highest BCUT2D eigenvalue weighted by molar-refractivity contribution is 5.59. The second kappa shape index (κ2) is 2.51. The van der Waals surface area contributed by atoms with Crippen LogP contribution in [0.15, 0.2) is 12.1 Å². The Labute approximate surface area is 73.8 Å². The third-order valence-electron chi connectivity index (χ3n) is 2.65. The van der Waals surface area contributed by atoms with Crippen molar-refractivity contribution in [1.82, 2.24) is 0 Å². The van der Waals surface area contributed by atoms with Crippen molar-refractivity contribution in [1.29, 1.82) is 0 Å². The first-order chi connectivity index (χ1) is 5.66. The largest absolute Gasteiger partial charge is 0.382 e. The molecule has 1 unspecified atom stereocenters. The van der Waals surface area contributed by atoms with Crippen LogP contribution in [0.2, 0.25) is 0 Å². The maximum atomic E-state index is 3.47. The van der Waals surface area contributed by atoms with E-state index < -0.39 is 0 Å². The highest BCUT2D eigenvalue weighted by Gasteiger charge is 2.16. The molecule has 1 aromatic rings. The van der Waals surface area contributed by atoms with Crippen LogP contribution in [0.1, 0.15) is 23.6 Å². The number of fused-ring (bicyclic) bond motifs is 1. The summed E-state index contributed by atoms with van der Waals surface area (Å²) in [5, 5.41) is 3.47. The van der Waals surface area contributed by atoms with Crippen molar-refractivity contribution in [2.75, 3.05) is 5.32 Å². The van der Waals surface area contributed by atoms with E-state index in [1.54, 1.807) is 0 Å². The van der Waals surface area contributed by atoms with Gasteiger partial charge in [-0.25, -0.2) is 0 Å². The zero-order valence-corrected chi connectivity index (χ0v) is 7.94. The Hall–Kier alpha value is -0.980. The first kappa shape index (κ1) is 7.66. The predicted molar refractivity (Wildman–Crippen MR) is 52.7 cm³/mol. The van der Waals surface area contributed by atoms with Crippen molar-refractivity contribution in [2.45, 2.75) is 33.2 Å². The summed E-state index contributed by atoms with van der Waals surface area (Å²) in [6, 6.07) is 5.18. The molecule has 0 aliphatic carbocycles. The van der Waals surface area contributed by atoms with Gasteiger partial charge in [0, 0.05) is 11.7 Å². The molecule has 0 aromatic heterocycles. The molecule has 0 spiro atoms. The molecule has 0 bridgehead atoms. The van der Waals surface area contributed by atoms with Gasteiger partial charge in [0.05, 0.1) is 0 Å². The predicted octanol–water partition coefficient (Wildman–Crippen LogP) is 2.66. The third-order valence-corrected chi connectivity index (χ3v) is 2.65. The molecule has 12 heavy (non-hydrogen) atoms. The van der Waals surface area contributed by atoms with E-state index in [0.29, 0.717) is 6.04 Å². The second-order valence-corrected chi connectivity index (χ2v) is 3.84. The average Bonchev–Trinajstić information content (AvgIpc) is 2.30. The van der Waals surface area contributed by atoms with E-state index in [2.05, 4.69) is 38.2 Å². The van der Waals surface area contributed by atoms with Crippen molar-refractivity contribution in [3.63, 3.8) is 0 Å². The first-order valence-corrected chi connectivity index (χ1v) is 4.53. The topological polar surface area (TPSA) is 12.0 Å². The molecule has 1 N–H and O–H groups in total. The number of anilines is 1. The summed E-state index contributed by atoms with van der Waals surface area (Å²) in [7, 11) is 0. The van der Waals surface area contributed by atoms with Crippen LogP contribution in [0.25, 0.3) is 0 Å². The molecule has 1 aliphatic rings. The van der Waals surface area contributed by atoms with Gasteiger partial charge >= 0.3 is 0 Å². The van der Waals surface area contributed by atoms with Crippen molar-refractivity contribution in [3.8, 4) is 0 Å². The van der Waals surface area contributed by atoms with Gasteiger partial charge < -0.3 is 5.32 Å². The lowest BCUT2D eigenvalue weighted by molar-refractivity contribution is 0.839. The summed E-state index contributed by atoms with van der Waals surface area (Å²) in [5.74, 6) is 0. The molecule has 2 rings (SSSR count). The standard InChI is InChI=1S/C11H15N/c1-7-4-10-6-9(3)12-11(10)5-8(7)2/h4-5,9,12H,6H2,1-3H3. The fraction of sp³-hybridized carbons (Fsp3) is 0.455. The van der Waals surface area contributed by atoms with Gasteiger partial charge in [-0.15, -0.1) is 0 Å². The normalized spacial score (nSPS) is 20.4. The minimum Gasteiger partial charge on any atom is -0.382 e. The van der Waals surface area contributed by atoms with Gasteiger partial charge in [-0.05, 0) is 49.9 Å². The van der Waals surface area contributed by atoms with Crippen LogP contribution < -0.4 is 5.32 Å². The number of nitrogens with one attached hydrogen (secondary N) is 1. The van der Waals surface area contributed by atoms with E-state index in [0.717, 1.165) is 0 Å². The smallest absolute Gasteiger partial charge is 0.0378 e. The van der Waals surface area contributed by atoms with Crippen molar-refractivity contribution < 1.29 is 0 Å². The summed E-state index contributed by atoms with van der Waals surface area (Å²) < 4.78 is 0. The van der Waals surface area contributed by atoms with E-state index >= 15 is 0 Å². The molecular formula is C11H15N. The molecule has 1 nitrogen and oxygen atoms in total. The Kier molecular flexibility index (Phi) is 1.60. The highest BCUT2D eigenvalue weighted by atomic mass is 14.9. The number of aryl methyl sites for hydroxylation is 2. The summed E-state index contributed by atoms with van der Waals surface area (Å²) >= 11 is 0. The number of hydrogen-bond acceptors (Lipinski definition) is 1. The quantitative estimate of drug-likeness (QED) is 0.617. The molecule has 0 saturated carbocycles. The van der Waals surface area contributed by atoms with Gasteiger partial charge in [0.15, 0.2) is 0 Å². The highest BCUT2D eigenvalue weighted by Crippen LogP contribution is 2.28. The first-order valence-electron chi connectivity index (χ1n) is 4.53. The van der Waals surface area contributed by atoms with Gasteiger partial charge in [0.25, 0.3) is 0 Å². The van der Waals surface area contributed by atoms with E-state index in [9.17, 15) is 0 Å². The van der Waals surface area contributed by atoms with Gasteiger partial charge in [0.2, 0.25) is 0 Å². The molecule has 0 saturated heterocycles. The molecular weight excluding hydrogens is 146 g/mol. The molecule has 64 valence electrons.